The number of nitrogens with zero attached hydrogens (tertiary/aromatic N) is 1. The molecule has 0 heterocycles. The number of non-ortho nitro benzene ring substituents is 1. The van der Waals surface area contributed by atoms with Crippen molar-refractivity contribution in [3.05, 3.63) is 33.9 Å². The Hall–Kier alpha value is -2.44. The fourth-order valence-corrected chi connectivity index (χ4v) is 1.63. The SMILES string of the molecule is CC(=O)c1cc([N+](=O)[O-])ccc1OCC(=O)NC(C)(C)C. The Morgan fingerprint density at radius 3 is 2.43 bits per heavy atom. The summed E-state index contributed by atoms with van der Waals surface area (Å²) in [6.07, 6.45) is 0. The highest BCUT2D eigenvalue weighted by Gasteiger charge is 2.17. The Bertz CT molecular complexity index is 575. The maximum absolute atomic E-state index is 11.7. The summed E-state index contributed by atoms with van der Waals surface area (Å²) in [5.41, 5.74) is -0.515. The predicted octanol–water partition coefficient (Wildman–Crippen LogP) is 2.09. The smallest absolute Gasteiger partial charge is 0.270 e. The number of nitro groups is 1. The standard InChI is InChI=1S/C14H18N2O5/c1-9(17)11-7-10(16(19)20)5-6-12(11)21-8-13(18)15-14(2,3)4/h5-7H,8H2,1-4H3,(H,15,18). The molecule has 1 N–H and O–H groups in total. The van der Waals surface area contributed by atoms with E-state index in [1.54, 1.807) is 0 Å². The lowest BCUT2D eigenvalue weighted by atomic mass is 10.1. The first kappa shape index (κ1) is 16.6. The van der Waals surface area contributed by atoms with Crippen LogP contribution in [0.5, 0.6) is 5.75 Å². The quantitative estimate of drug-likeness (QED) is 0.509. The van der Waals surface area contributed by atoms with E-state index < -0.39 is 4.92 Å². The third-order valence-electron chi connectivity index (χ3n) is 2.43. The van der Waals surface area contributed by atoms with Gasteiger partial charge in [0.1, 0.15) is 5.75 Å². The van der Waals surface area contributed by atoms with Crippen LogP contribution in [0.1, 0.15) is 38.1 Å². The summed E-state index contributed by atoms with van der Waals surface area (Å²) in [7, 11) is 0. The molecule has 114 valence electrons. The van der Waals surface area contributed by atoms with E-state index in [1.165, 1.54) is 19.1 Å². The minimum absolute atomic E-state index is 0.0766. The average molecular weight is 294 g/mol. The highest BCUT2D eigenvalue weighted by Crippen LogP contribution is 2.24. The van der Waals surface area contributed by atoms with Crippen LogP contribution < -0.4 is 10.1 Å². The Morgan fingerprint density at radius 1 is 1.33 bits per heavy atom. The Kier molecular flexibility index (Phi) is 5.02. The van der Waals surface area contributed by atoms with Gasteiger partial charge in [0.2, 0.25) is 0 Å². The second-order valence-corrected chi connectivity index (χ2v) is 5.58. The van der Waals surface area contributed by atoms with Gasteiger partial charge >= 0.3 is 0 Å². The Labute approximate surface area is 122 Å². The number of hydrogen-bond acceptors (Lipinski definition) is 5. The maximum atomic E-state index is 11.7. The molecule has 1 amide bonds. The van der Waals surface area contributed by atoms with Gasteiger partial charge in [0.15, 0.2) is 12.4 Å². The summed E-state index contributed by atoms with van der Waals surface area (Å²) in [4.78, 5) is 33.3. The van der Waals surface area contributed by atoms with Crippen molar-refractivity contribution >= 4 is 17.4 Å². The molecule has 0 saturated heterocycles. The van der Waals surface area contributed by atoms with Gasteiger partial charge in [-0.1, -0.05) is 0 Å². The zero-order valence-corrected chi connectivity index (χ0v) is 12.4. The van der Waals surface area contributed by atoms with Crippen LogP contribution in [0, 0.1) is 10.1 Å². The number of benzene rings is 1. The third-order valence-corrected chi connectivity index (χ3v) is 2.43. The molecule has 0 radical (unpaired) electrons. The van der Waals surface area contributed by atoms with Crippen LogP contribution in [0.2, 0.25) is 0 Å². The normalized spacial score (nSPS) is 10.9. The summed E-state index contributed by atoms with van der Waals surface area (Å²) in [5.74, 6) is -0.558. The second-order valence-electron chi connectivity index (χ2n) is 5.58. The van der Waals surface area contributed by atoms with E-state index in [1.807, 2.05) is 20.8 Å². The first-order chi connectivity index (χ1) is 9.60. The molecule has 1 aromatic rings. The Morgan fingerprint density at radius 2 is 1.95 bits per heavy atom. The number of nitro benzene ring substituents is 1. The highest BCUT2D eigenvalue weighted by atomic mass is 16.6. The van der Waals surface area contributed by atoms with E-state index in [2.05, 4.69) is 5.32 Å². The van der Waals surface area contributed by atoms with E-state index in [0.29, 0.717) is 0 Å². The van der Waals surface area contributed by atoms with Crippen LogP contribution in [-0.2, 0) is 4.79 Å². The molecule has 21 heavy (non-hydrogen) atoms. The molecule has 0 saturated carbocycles. The van der Waals surface area contributed by atoms with Crippen LogP contribution in [0.25, 0.3) is 0 Å². The summed E-state index contributed by atoms with van der Waals surface area (Å²) >= 11 is 0. The van der Waals surface area contributed by atoms with Crippen molar-refractivity contribution in [1.82, 2.24) is 5.32 Å². The first-order valence-corrected chi connectivity index (χ1v) is 6.33. The molecule has 0 spiro atoms. The largest absolute Gasteiger partial charge is 0.483 e. The van der Waals surface area contributed by atoms with E-state index >= 15 is 0 Å². The molecule has 0 aliphatic rings. The molecule has 7 heteroatoms. The molecule has 1 aromatic carbocycles. The number of carbonyl (C=O) groups excluding carboxylic acids is 2. The lowest BCUT2D eigenvalue weighted by molar-refractivity contribution is -0.384. The molecular weight excluding hydrogens is 276 g/mol. The second kappa shape index (κ2) is 6.34. The molecule has 7 nitrogen and oxygen atoms in total. The summed E-state index contributed by atoms with van der Waals surface area (Å²) in [6.45, 7) is 6.50. The fourth-order valence-electron chi connectivity index (χ4n) is 1.63. The summed E-state index contributed by atoms with van der Waals surface area (Å²) < 4.78 is 5.29. The molecule has 0 aromatic heterocycles. The molecule has 0 bridgehead atoms. The minimum atomic E-state index is -0.595. The lowest BCUT2D eigenvalue weighted by Crippen LogP contribution is -2.43. The van der Waals surface area contributed by atoms with Crippen molar-refractivity contribution in [2.45, 2.75) is 33.2 Å². The predicted molar refractivity (Wildman–Crippen MR) is 76.5 cm³/mol. The molecule has 0 unspecified atom stereocenters. The number of nitrogens with one attached hydrogen (secondary N) is 1. The topological polar surface area (TPSA) is 98.5 Å². The van der Waals surface area contributed by atoms with Gasteiger partial charge in [-0.3, -0.25) is 19.7 Å². The number of hydrogen-bond donors (Lipinski definition) is 1. The van der Waals surface area contributed by atoms with Crippen molar-refractivity contribution in [1.29, 1.82) is 0 Å². The molecule has 0 aliphatic carbocycles. The number of ketones is 1. The third kappa shape index (κ3) is 5.21. The number of rotatable bonds is 5. The number of Topliss-reactive ketones (excluding diaryl/α,β-unsaturated/α-hetero) is 1. The number of carbonyl (C=O) groups is 2. The number of amides is 1. The number of ether oxygens (including phenoxy) is 1. The zero-order valence-electron chi connectivity index (χ0n) is 12.4. The highest BCUT2D eigenvalue weighted by molar-refractivity contribution is 5.97. The first-order valence-electron chi connectivity index (χ1n) is 6.33. The van der Waals surface area contributed by atoms with Crippen molar-refractivity contribution in [3.8, 4) is 5.75 Å². The van der Waals surface area contributed by atoms with Crippen molar-refractivity contribution < 1.29 is 19.2 Å². The molecule has 0 aliphatic heterocycles. The van der Waals surface area contributed by atoms with Gasteiger partial charge in [0, 0.05) is 17.7 Å². The van der Waals surface area contributed by atoms with Gasteiger partial charge < -0.3 is 10.1 Å². The van der Waals surface area contributed by atoms with Crippen molar-refractivity contribution in [3.63, 3.8) is 0 Å². The van der Waals surface area contributed by atoms with Gasteiger partial charge in [-0.05, 0) is 33.8 Å². The van der Waals surface area contributed by atoms with E-state index in [-0.39, 0.29) is 40.8 Å². The minimum Gasteiger partial charge on any atom is -0.483 e. The van der Waals surface area contributed by atoms with Crippen LogP contribution in [0.15, 0.2) is 18.2 Å². The van der Waals surface area contributed by atoms with Crippen molar-refractivity contribution in [2.75, 3.05) is 6.61 Å². The van der Waals surface area contributed by atoms with Gasteiger partial charge in [-0.2, -0.15) is 0 Å². The van der Waals surface area contributed by atoms with Crippen LogP contribution in [0.3, 0.4) is 0 Å². The lowest BCUT2D eigenvalue weighted by Gasteiger charge is -2.20. The zero-order chi connectivity index (χ0) is 16.2. The van der Waals surface area contributed by atoms with Gasteiger partial charge in [-0.25, -0.2) is 0 Å². The summed E-state index contributed by atoms with van der Waals surface area (Å²) in [6, 6.07) is 3.68. The molecule has 0 fully saturated rings. The van der Waals surface area contributed by atoms with Crippen LogP contribution >= 0.6 is 0 Å². The molecule has 1 rings (SSSR count). The van der Waals surface area contributed by atoms with E-state index in [4.69, 9.17) is 4.74 Å². The van der Waals surface area contributed by atoms with E-state index in [9.17, 15) is 19.7 Å². The van der Waals surface area contributed by atoms with Gasteiger partial charge in [0.05, 0.1) is 10.5 Å². The maximum Gasteiger partial charge on any atom is 0.270 e. The average Bonchev–Trinajstić information content (AvgIpc) is 2.33. The van der Waals surface area contributed by atoms with Gasteiger partial charge in [0.25, 0.3) is 11.6 Å². The van der Waals surface area contributed by atoms with Crippen LogP contribution in [-0.4, -0.2) is 28.8 Å². The summed E-state index contributed by atoms with van der Waals surface area (Å²) in [5, 5.41) is 13.4. The Balaban J connectivity index is 2.86. The van der Waals surface area contributed by atoms with Crippen molar-refractivity contribution in [2.24, 2.45) is 0 Å². The molecule has 0 atom stereocenters. The monoisotopic (exact) mass is 294 g/mol. The fraction of sp³-hybridized carbons (Fsp3) is 0.429. The van der Waals surface area contributed by atoms with E-state index in [0.717, 1.165) is 6.07 Å². The van der Waals surface area contributed by atoms with Gasteiger partial charge in [-0.15, -0.1) is 0 Å². The molecular formula is C14H18N2O5. The van der Waals surface area contributed by atoms with Crippen LogP contribution in [0.4, 0.5) is 5.69 Å².